The van der Waals surface area contributed by atoms with Gasteiger partial charge in [-0.25, -0.2) is 0 Å². The fourth-order valence-corrected chi connectivity index (χ4v) is 5.26. The molecule has 2 aromatic heterocycles. The first-order valence-corrected chi connectivity index (χ1v) is 10.3. The summed E-state index contributed by atoms with van der Waals surface area (Å²) < 4.78 is 2.43. The molecule has 0 bridgehead atoms. The van der Waals surface area contributed by atoms with E-state index < -0.39 is 0 Å². The van der Waals surface area contributed by atoms with Gasteiger partial charge in [0.15, 0.2) is 0 Å². The Labute approximate surface area is 173 Å². The number of rotatable bonds is 1. The molecule has 0 aliphatic rings. The van der Waals surface area contributed by atoms with Crippen LogP contribution in [0.2, 0.25) is 0 Å². The largest absolute Gasteiger partial charge is 0.398 e. The highest BCUT2D eigenvalue weighted by Gasteiger charge is 2.19. The van der Waals surface area contributed by atoms with Gasteiger partial charge in [0, 0.05) is 32.8 Å². The Bertz CT molecular complexity index is 1750. The van der Waals surface area contributed by atoms with Crippen LogP contribution in [0.25, 0.3) is 60.0 Å². The first kappa shape index (κ1) is 15.8. The Hall–Kier alpha value is -4.04. The van der Waals surface area contributed by atoms with Gasteiger partial charge >= 0.3 is 0 Å². The fourth-order valence-electron chi connectivity index (χ4n) is 5.26. The Morgan fingerprint density at radius 1 is 0.467 bits per heavy atom. The maximum absolute atomic E-state index is 6.33. The predicted octanol–water partition coefficient (Wildman–Crippen LogP) is 7.24. The van der Waals surface area contributed by atoms with E-state index in [0.29, 0.717) is 0 Å². The number of anilines is 1. The minimum Gasteiger partial charge on any atom is -0.398 e. The summed E-state index contributed by atoms with van der Waals surface area (Å²) in [5.41, 5.74) is 13.2. The molecule has 2 heteroatoms. The molecule has 0 saturated carbocycles. The summed E-state index contributed by atoms with van der Waals surface area (Å²) in [6.07, 6.45) is 0. The molecule has 0 aliphatic carbocycles. The van der Waals surface area contributed by atoms with Crippen molar-refractivity contribution in [3.05, 3.63) is 97.1 Å². The predicted molar refractivity (Wildman–Crippen MR) is 128 cm³/mol. The third kappa shape index (κ3) is 1.84. The van der Waals surface area contributed by atoms with Gasteiger partial charge in [0.2, 0.25) is 0 Å². The Morgan fingerprint density at radius 2 is 1.17 bits per heavy atom. The summed E-state index contributed by atoms with van der Waals surface area (Å²) in [5.74, 6) is 0. The van der Waals surface area contributed by atoms with Crippen molar-refractivity contribution in [2.75, 3.05) is 5.73 Å². The average molecular weight is 382 g/mol. The number of para-hydroxylation sites is 3. The third-order valence-corrected chi connectivity index (χ3v) is 6.50. The van der Waals surface area contributed by atoms with Gasteiger partial charge in [-0.05, 0) is 34.5 Å². The highest BCUT2D eigenvalue weighted by molar-refractivity contribution is 6.29. The number of hydrogen-bond donors (Lipinski definition) is 1. The Balaban J connectivity index is 1.72. The van der Waals surface area contributed by atoms with Gasteiger partial charge in [-0.1, -0.05) is 78.9 Å². The lowest BCUT2D eigenvalue weighted by molar-refractivity contribution is 1.37. The highest BCUT2D eigenvalue weighted by atomic mass is 14.9. The maximum atomic E-state index is 6.33. The monoisotopic (exact) mass is 382 g/mol. The van der Waals surface area contributed by atoms with Gasteiger partial charge in [0.05, 0.1) is 16.6 Å². The van der Waals surface area contributed by atoms with Crippen LogP contribution in [0.3, 0.4) is 0 Å². The number of hydrogen-bond acceptors (Lipinski definition) is 1. The van der Waals surface area contributed by atoms with Crippen LogP contribution in [-0.2, 0) is 0 Å². The second-order valence-corrected chi connectivity index (χ2v) is 8.00. The van der Waals surface area contributed by atoms with Crippen molar-refractivity contribution in [1.82, 2.24) is 4.40 Å². The minimum atomic E-state index is 0.810. The van der Waals surface area contributed by atoms with Crippen LogP contribution in [0, 0.1) is 0 Å². The van der Waals surface area contributed by atoms with Crippen molar-refractivity contribution in [3.8, 4) is 11.1 Å². The van der Waals surface area contributed by atoms with E-state index in [1.165, 1.54) is 54.4 Å². The number of nitrogens with two attached hydrogens (primary N) is 1. The van der Waals surface area contributed by atoms with Gasteiger partial charge in [-0.2, -0.15) is 0 Å². The second-order valence-electron chi connectivity index (χ2n) is 8.00. The lowest BCUT2D eigenvalue weighted by atomic mass is 9.94. The molecule has 0 spiro atoms. The molecule has 7 rings (SSSR count). The van der Waals surface area contributed by atoms with E-state index in [9.17, 15) is 0 Å². The van der Waals surface area contributed by atoms with E-state index in [1.807, 2.05) is 12.1 Å². The zero-order valence-electron chi connectivity index (χ0n) is 16.3. The van der Waals surface area contributed by atoms with Crippen LogP contribution in [0.5, 0.6) is 0 Å². The standard InChI is InChI=1S/C28H18N2/c29-24-13-3-1-7-19(24)17-9-5-10-21-18(17)15-16-26-27(21)23-12-6-11-22-20-8-2-4-14-25(20)30(26)28(22)23/h1-16H,29H2. The number of aromatic nitrogens is 1. The third-order valence-electron chi connectivity index (χ3n) is 6.50. The number of nitrogen functional groups attached to an aromatic ring is 1. The van der Waals surface area contributed by atoms with E-state index in [1.54, 1.807) is 0 Å². The van der Waals surface area contributed by atoms with Gasteiger partial charge in [-0.15, -0.1) is 0 Å². The van der Waals surface area contributed by atoms with E-state index in [4.69, 9.17) is 5.73 Å². The van der Waals surface area contributed by atoms with Crippen molar-refractivity contribution in [1.29, 1.82) is 0 Å². The van der Waals surface area contributed by atoms with Crippen LogP contribution in [-0.4, -0.2) is 4.40 Å². The molecular formula is C28H18N2. The molecule has 0 saturated heterocycles. The summed E-state index contributed by atoms with van der Waals surface area (Å²) in [6.45, 7) is 0. The van der Waals surface area contributed by atoms with Crippen LogP contribution in [0.15, 0.2) is 97.1 Å². The summed E-state index contributed by atoms with van der Waals surface area (Å²) in [5, 5.41) is 7.76. The minimum absolute atomic E-state index is 0.810. The van der Waals surface area contributed by atoms with Crippen molar-refractivity contribution in [2.45, 2.75) is 0 Å². The quantitative estimate of drug-likeness (QED) is 0.298. The molecule has 2 N–H and O–H groups in total. The smallest absolute Gasteiger partial charge is 0.0620 e. The Morgan fingerprint density at radius 3 is 2.10 bits per heavy atom. The number of nitrogens with zero attached hydrogens (tertiary/aromatic N) is 1. The molecule has 0 radical (unpaired) electrons. The molecule has 5 aromatic carbocycles. The molecule has 30 heavy (non-hydrogen) atoms. The molecule has 0 aliphatic heterocycles. The molecule has 7 aromatic rings. The lowest BCUT2D eigenvalue weighted by Gasteiger charge is -2.11. The molecule has 0 amide bonds. The van der Waals surface area contributed by atoms with Crippen molar-refractivity contribution in [2.24, 2.45) is 0 Å². The summed E-state index contributed by atoms with van der Waals surface area (Å²) in [4.78, 5) is 0. The van der Waals surface area contributed by atoms with Gasteiger partial charge in [0.1, 0.15) is 0 Å². The average Bonchev–Trinajstić information content (AvgIpc) is 3.31. The van der Waals surface area contributed by atoms with E-state index in [0.717, 1.165) is 11.3 Å². The zero-order valence-corrected chi connectivity index (χ0v) is 16.3. The van der Waals surface area contributed by atoms with E-state index in [2.05, 4.69) is 89.3 Å². The second kappa shape index (κ2) is 5.52. The van der Waals surface area contributed by atoms with Crippen LogP contribution >= 0.6 is 0 Å². The van der Waals surface area contributed by atoms with Gasteiger partial charge in [0.25, 0.3) is 0 Å². The maximum Gasteiger partial charge on any atom is 0.0620 e. The van der Waals surface area contributed by atoms with Gasteiger partial charge < -0.3 is 10.1 Å². The molecular weight excluding hydrogens is 364 g/mol. The summed E-state index contributed by atoms with van der Waals surface area (Å²) in [7, 11) is 0. The Kier molecular flexibility index (Phi) is 2.91. The zero-order chi connectivity index (χ0) is 19.8. The number of fused-ring (bicyclic) bond motifs is 8. The SMILES string of the molecule is Nc1ccccc1-c1cccc2c1ccc1c2c2cccc3c4ccccc4n1c32. The van der Waals surface area contributed by atoms with Crippen molar-refractivity contribution in [3.63, 3.8) is 0 Å². The summed E-state index contributed by atoms with van der Waals surface area (Å²) in [6, 6.07) is 34.6. The highest BCUT2D eigenvalue weighted by Crippen LogP contribution is 2.43. The fraction of sp³-hybridized carbons (Fsp3) is 0. The van der Waals surface area contributed by atoms with Crippen molar-refractivity contribution >= 4 is 54.6 Å². The number of benzene rings is 5. The molecule has 0 atom stereocenters. The first-order chi connectivity index (χ1) is 14.8. The molecule has 2 heterocycles. The molecule has 0 fully saturated rings. The molecule has 140 valence electrons. The van der Waals surface area contributed by atoms with Crippen molar-refractivity contribution < 1.29 is 0 Å². The van der Waals surface area contributed by atoms with Crippen LogP contribution in [0.1, 0.15) is 0 Å². The lowest BCUT2D eigenvalue weighted by Crippen LogP contribution is -1.90. The molecule has 0 unspecified atom stereocenters. The van der Waals surface area contributed by atoms with Crippen LogP contribution in [0.4, 0.5) is 5.69 Å². The normalized spacial score (nSPS) is 12.1. The molecule has 2 nitrogen and oxygen atoms in total. The summed E-state index contributed by atoms with van der Waals surface area (Å²) >= 11 is 0. The first-order valence-electron chi connectivity index (χ1n) is 10.3. The van der Waals surface area contributed by atoms with Crippen LogP contribution < -0.4 is 5.73 Å². The topological polar surface area (TPSA) is 30.4 Å². The van der Waals surface area contributed by atoms with Gasteiger partial charge in [-0.3, -0.25) is 0 Å². The van der Waals surface area contributed by atoms with E-state index >= 15 is 0 Å². The van der Waals surface area contributed by atoms with E-state index in [-0.39, 0.29) is 0 Å².